The lowest BCUT2D eigenvalue weighted by atomic mass is 10.3. The van der Waals surface area contributed by atoms with Crippen molar-refractivity contribution in [3.8, 4) is 0 Å². The summed E-state index contributed by atoms with van der Waals surface area (Å²) in [4.78, 5) is 26.7. The van der Waals surface area contributed by atoms with Crippen LogP contribution in [0, 0.1) is 0 Å². The molecule has 2 rings (SSSR count). The molecule has 0 aromatic carbocycles. The van der Waals surface area contributed by atoms with Crippen LogP contribution in [-0.2, 0) is 20.9 Å². The second kappa shape index (κ2) is 5.99. The summed E-state index contributed by atoms with van der Waals surface area (Å²) in [6, 6.07) is 5.77. The monoisotopic (exact) mass is 261 g/mol. The van der Waals surface area contributed by atoms with Crippen molar-refractivity contribution in [2.75, 3.05) is 7.11 Å². The van der Waals surface area contributed by atoms with E-state index in [9.17, 15) is 9.59 Å². The average Bonchev–Trinajstić information content (AvgIpc) is 2.85. The number of amides is 1. The van der Waals surface area contributed by atoms with E-state index in [2.05, 4.69) is 15.0 Å². The van der Waals surface area contributed by atoms with E-state index in [4.69, 9.17) is 0 Å². The maximum absolute atomic E-state index is 11.5. The molecule has 0 atom stereocenters. The van der Waals surface area contributed by atoms with Crippen LogP contribution in [0.15, 0.2) is 30.6 Å². The number of fused-ring (bicyclic) bond motifs is 1. The number of carbonyl (C=O) groups excluding carboxylic acids is 2. The van der Waals surface area contributed by atoms with E-state index in [0.717, 1.165) is 11.3 Å². The summed E-state index contributed by atoms with van der Waals surface area (Å²) >= 11 is 0. The van der Waals surface area contributed by atoms with Gasteiger partial charge in [-0.25, -0.2) is 4.98 Å². The maximum atomic E-state index is 11.5. The fourth-order valence-electron chi connectivity index (χ4n) is 1.71. The molecule has 0 aliphatic carbocycles. The molecule has 0 fully saturated rings. The van der Waals surface area contributed by atoms with Crippen molar-refractivity contribution in [2.45, 2.75) is 19.4 Å². The van der Waals surface area contributed by atoms with Gasteiger partial charge >= 0.3 is 5.97 Å². The lowest BCUT2D eigenvalue weighted by Crippen LogP contribution is -2.24. The second-order valence-corrected chi connectivity index (χ2v) is 4.02. The first-order chi connectivity index (χ1) is 9.20. The predicted molar refractivity (Wildman–Crippen MR) is 68.3 cm³/mol. The molecular weight excluding hydrogens is 246 g/mol. The van der Waals surface area contributed by atoms with Crippen LogP contribution in [0.25, 0.3) is 5.52 Å². The van der Waals surface area contributed by atoms with Crippen LogP contribution in [0.5, 0.6) is 0 Å². The molecule has 0 spiro atoms. The van der Waals surface area contributed by atoms with Crippen molar-refractivity contribution in [3.63, 3.8) is 0 Å². The Kier molecular flexibility index (Phi) is 4.12. The molecule has 6 nitrogen and oxygen atoms in total. The number of esters is 1. The third-order valence-corrected chi connectivity index (χ3v) is 2.74. The molecule has 0 bridgehead atoms. The van der Waals surface area contributed by atoms with Crippen molar-refractivity contribution >= 4 is 17.4 Å². The van der Waals surface area contributed by atoms with Crippen LogP contribution in [0.4, 0.5) is 0 Å². The molecule has 1 N–H and O–H groups in total. The van der Waals surface area contributed by atoms with Gasteiger partial charge in [0.05, 0.1) is 31.8 Å². The van der Waals surface area contributed by atoms with Gasteiger partial charge in [0.25, 0.3) is 0 Å². The number of nitrogens with zero attached hydrogens (tertiary/aromatic N) is 2. The first-order valence-corrected chi connectivity index (χ1v) is 5.95. The Balaban J connectivity index is 1.88. The number of nitrogens with one attached hydrogen (secondary N) is 1. The first-order valence-electron chi connectivity index (χ1n) is 5.95. The molecule has 100 valence electrons. The number of ether oxygens (including phenoxy) is 1. The third-order valence-electron chi connectivity index (χ3n) is 2.74. The van der Waals surface area contributed by atoms with Gasteiger partial charge in [0.2, 0.25) is 5.91 Å². The lowest BCUT2D eigenvalue weighted by molar-refractivity contribution is -0.142. The van der Waals surface area contributed by atoms with Gasteiger partial charge in [-0.1, -0.05) is 6.07 Å². The van der Waals surface area contributed by atoms with E-state index in [0.29, 0.717) is 6.54 Å². The number of methoxy groups -OCH3 is 1. The molecule has 0 aliphatic heterocycles. The molecular formula is C13H15N3O3. The smallest absolute Gasteiger partial charge is 0.306 e. The topological polar surface area (TPSA) is 72.7 Å². The number of imidazole rings is 1. The molecule has 0 unspecified atom stereocenters. The van der Waals surface area contributed by atoms with Gasteiger partial charge in [0.15, 0.2) is 0 Å². The molecule has 0 radical (unpaired) electrons. The largest absolute Gasteiger partial charge is 0.469 e. The molecule has 2 aromatic heterocycles. The van der Waals surface area contributed by atoms with E-state index >= 15 is 0 Å². The van der Waals surface area contributed by atoms with Crippen LogP contribution in [0.2, 0.25) is 0 Å². The highest BCUT2D eigenvalue weighted by Crippen LogP contribution is 2.05. The Morgan fingerprint density at radius 3 is 3.00 bits per heavy atom. The second-order valence-electron chi connectivity index (χ2n) is 4.02. The fraction of sp³-hybridized carbons (Fsp3) is 0.308. The van der Waals surface area contributed by atoms with E-state index in [-0.39, 0.29) is 24.7 Å². The summed E-state index contributed by atoms with van der Waals surface area (Å²) in [5.41, 5.74) is 0.973. The van der Waals surface area contributed by atoms with Crippen LogP contribution < -0.4 is 5.32 Å². The van der Waals surface area contributed by atoms with E-state index in [1.165, 1.54) is 7.11 Å². The number of rotatable bonds is 5. The minimum atomic E-state index is -0.388. The number of aromatic nitrogens is 2. The van der Waals surface area contributed by atoms with Gasteiger partial charge < -0.3 is 14.5 Å². The molecule has 2 heterocycles. The Morgan fingerprint density at radius 1 is 1.37 bits per heavy atom. The quantitative estimate of drug-likeness (QED) is 0.812. The Labute approximate surface area is 110 Å². The minimum Gasteiger partial charge on any atom is -0.469 e. The zero-order valence-electron chi connectivity index (χ0n) is 10.6. The summed E-state index contributed by atoms with van der Waals surface area (Å²) in [6.07, 6.45) is 3.84. The Bertz CT molecular complexity index is 592. The Hall–Kier alpha value is -2.37. The number of hydrogen-bond acceptors (Lipinski definition) is 4. The Morgan fingerprint density at radius 2 is 2.21 bits per heavy atom. The van der Waals surface area contributed by atoms with Crippen molar-refractivity contribution in [1.82, 2.24) is 14.7 Å². The SMILES string of the molecule is COC(=O)CCC(=O)NCc1ncc2ccccn12. The van der Waals surface area contributed by atoms with Gasteiger partial charge in [-0.3, -0.25) is 9.59 Å². The zero-order valence-corrected chi connectivity index (χ0v) is 10.6. The lowest BCUT2D eigenvalue weighted by Gasteiger charge is -2.04. The van der Waals surface area contributed by atoms with Crippen molar-refractivity contribution in [3.05, 3.63) is 36.4 Å². The van der Waals surface area contributed by atoms with Gasteiger partial charge in [0, 0.05) is 12.6 Å². The van der Waals surface area contributed by atoms with Crippen molar-refractivity contribution in [1.29, 1.82) is 0 Å². The fourth-order valence-corrected chi connectivity index (χ4v) is 1.71. The van der Waals surface area contributed by atoms with Crippen molar-refractivity contribution in [2.24, 2.45) is 0 Å². The first kappa shape index (κ1) is 13.1. The molecule has 0 saturated carbocycles. The molecule has 19 heavy (non-hydrogen) atoms. The normalized spacial score (nSPS) is 10.4. The zero-order chi connectivity index (χ0) is 13.7. The predicted octanol–water partition coefficient (Wildman–Crippen LogP) is 0.904. The highest BCUT2D eigenvalue weighted by atomic mass is 16.5. The number of carbonyl (C=O) groups is 2. The molecule has 2 aromatic rings. The maximum Gasteiger partial charge on any atom is 0.306 e. The molecule has 6 heteroatoms. The molecule has 0 aliphatic rings. The number of hydrogen-bond donors (Lipinski definition) is 1. The van der Waals surface area contributed by atoms with Crippen molar-refractivity contribution < 1.29 is 14.3 Å². The molecule has 1 amide bonds. The number of pyridine rings is 1. The highest BCUT2D eigenvalue weighted by Gasteiger charge is 2.08. The van der Waals surface area contributed by atoms with E-state index in [1.807, 2.05) is 28.8 Å². The molecule has 0 saturated heterocycles. The summed E-state index contributed by atoms with van der Waals surface area (Å²) in [5.74, 6) is 0.168. The van der Waals surface area contributed by atoms with Crippen LogP contribution >= 0.6 is 0 Å². The van der Waals surface area contributed by atoms with Crippen LogP contribution in [0.1, 0.15) is 18.7 Å². The van der Waals surface area contributed by atoms with Gasteiger partial charge in [-0.05, 0) is 12.1 Å². The van der Waals surface area contributed by atoms with Gasteiger partial charge in [-0.2, -0.15) is 0 Å². The summed E-state index contributed by atoms with van der Waals surface area (Å²) in [6.45, 7) is 0.332. The van der Waals surface area contributed by atoms with Gasteiger partial charge in [-0.15, -0.1) is 0 Å². The third kappa shape index (κ3) is 3.31. The summed E-state index contributed by atoms with van der Waals surface area (Å²) < 4.78 is 6.38. The van der Waals surface area contributed by atoms with Gasteiger partial charge in [0.1, 0.15) is 5.82 Å². The van der Waals surface area contributed by atoms with Crippen LogP contribution in [0.3, 0.4) is 0 Å². The van der Waals surface area contributed by atoms with E-state index in [1.54, 1.807) is 6.20 Å². The standard InChI is InChI=1S/C13H15N3O3/c1-19-13(18)6-5-12(17)15-9-11-14-8-10-4-2-3-7-16(10)11/h2-4,7-8H,5-6,9H2,1H3,(H,15,17). The summed E-state index contributed by atoms with van der Waals surface area (Å²) in [7, 11) is 1.30. The van der Waals surface area contributed by atoms with Crippen LogP contribution in [-0.4, -0.2) is 28.4 Å². The highest BCUT2D eigenvalue weighted by molar-refractivity contribution is 5.81. The minimum absolute atomic E-state index is 0.0880. The summed E-state index contributed by atoms with van der Waals surface area (Å²) in [5, 5.41) is 2.73. The average molecular weight is 261 g/mol. The van der Waals surface area contributed by atoms with E-state index < -0.39 is 0 Å².